The van der Waals surface area contributed by atoms with Crippen molar-refractivity contribution in [2.75, 3.05) is 19.6 Å². The van der Waals surface area contributed by atoms with E-state index in [-0.39, 0.29) is 38.8 Å². The Labute approximate surface area is 212 Å². The van der Waals surface area contributed by atoms with E-state index in [1.54, 1.807) is 24.3 Å². The van der Waals surface area contributed by atoms with Gasteiger partial charge < -0.3 is 0 Å². The molecule has 0 spiro atoms. The van der Waals surface area contributed by atoms with Crippen molar-refractivity contribution in [2.45, 2.75) is 24.0 Å². The number of hydrogen-bond acceptors (Lipinski definition) is 7. The van der Waals surface area contributed by atoms with Gasteiger partial charge in [0.05, 0.1) is 0 Å². The summed E-state index contributed by atoms with van der Waals surface area (Å²) in [5, 5.41) is 19.6. The van der Waals surface area contributed by atoms with Crippen LogP contribution in [-0.4, -0.2) is 69.8 Å². The topological polar surface area (TPSA) is 117 Å². The number of fused-ring (bicyclic) bond motifs is 3. The molecule has 2 N–H and O–H groups in total. The Hall–Kier alpha value is -2.91. The molecule has 0 saturated carbocycles. The third-order valence-electron chi connectivity index (χ3n) is 6.11. The van der Waals surface area contributed by atoms with Crippen LogP contribution in [0.3, 0.4) is 0 Å². The monoisotopic (exact) mass is 574 g/mol. The Morgan fingerprint density at radius 2 is 2.06 bits per heavy atom. The molecule has 1 fully saturated rings. The van der Waals surface area contributed by atoms with Gasteiger partial charge in [0.15, 0.2) is 0 Å². The summed E-state index contributed by atoms with van der Waals surface area (Å²) in [5.41, 5.74) is 1.25. The van der Waals surface area contributed by atoms with Crippen molar-refractivity contribution in [2.24, 2.45) is 0 Å². The van der Waals surface area contributed by atoms with E-state index in [1.807, 2.05) is 4.90 Å². The van der Waals surface area contributed by atoms with Crippen molar-refractivity contribution in [1.82, 2.24) is 4.90 Å². The number of aromatic carboxylic acids is 1. The molecule has 187 valence electrons. The number of hydrogen-bond donors (Lipinski definition) is 2. The standard InChI is InChI=1S/C25H22AsFNO7S/c27-16-3-6-22(15(12-16)2-1-9-28-10-7-17(29)13-28)36(32,33)26-20-5-4-19-18-8-11-34-21(18)14-35-24(19)23(20)25(30)31/h1-6,8,11-12,17,29H,7,9-10,13-14H2,(H,30,31)/t17-/m0/s1. The molecule has 0 aliphatic carbocycles. The molecule has 8 nitrogen and oxygen atoms in total. The zero-order valence-corrected chi connectivity index (χ0v) is 21.6. The Morgan fingerprint density at radius 3 is 2.81 bits per heavy atom. The van der Waals surface area contributed by atoms with Crippen molar-refractivity contribution in [3.8, 4) is 16.9 Å². The molecule has 3 heterocycles. The van der Waals surface area contributed by atoms with Crippen LogP contribution in [-0.2, 0) is 14.7 Å². The normalized spacial score (nSPS) is 18.0. The molecular formula is C25H22AsFNO7S. The third kappa shape index (κ3) is 4.86. The van der Waals surface area contributed by atoms with Crippen molar-refractivity contribution in [1.29, 1.82) is 0 Å². The number of rotatable bonds is 7. The molecule has 1 saturated heterocycles. The molecule has 11 heteroatoms. The number of benzene rings is 2. The summed E-state index contributed by atoms with van der Waals surface area (Å²) in [6.07, 6.45) is 5.08. The van der Waals surface area contributed by atoms with Crippen LogP contribution in [0.2, 0.25) is 0 Å². The van der Waals surface area contributed by atoms with Gasteiger partial charge in [-0.2, -0.15) is 0 Å². The molecule has 0 unspecified atom stereocenters. The average molecular weight is 574 g/mol. The summed E-state index contributed by atoms with van der Waals surface area (Å²) in [5.74, 6) is -1.18. The minimum atomic E-state index is -3.97. The zero-order chi connectivity index (χ0) is 25.4. The number of furan rings is 1. The van der Waals surface area contributed by atoms with Gasteiger partial charge >= 0.3 is 213 Å². The van der Waals surface area contributed by atoms with E-state index < -0.39 is 34.5 Å². The van der Waals surface area contributed by atoms with E-state index in [0.717, 1.165) is 18.7 Å². The van der Waals surface area contributed by atoms with E-state index in [2.05, 4.69) is 0 Å². The van der Waals surface area contributed by atoms with Crippen LogP contribution >= 0.6 is 0 Å². The number of likely N-dealkylation sites (tertiary alicyclic amines) is 1. The van der Waals surface area contributed by atoms with E-state index in [9.17, 15) is 27.8 Å². The predicted octanol–water partition coefficient (Wildman–Crippen LogP) is 2.47. The van der Waals surface area contributed by atoms with E-state index in [0.29, 0.717) is 36.4 Å². The van der Waals surface area contributed by atoms with Crippen LogP contribution in [0.4, 0.5) is 4.39 Å². The molecule has 2 aliphatic heterocycles. The second-order valence-electron chi connectivity index (χ2n) is 8.54. The summed E-state index contributed by atoms with van der Waals surface area (Å²) >= 11 is -1.71. The fourth-order valence-electron chi connectivity index (χ4n) is 4.42. The quantitative estimate of drug-likeness (QED) is 0.414. The van der Waals surface area contributed by atoms with Crippen LogP contribution in [0.25, 0.3) is 17.2 Å². The molecule has 0 amide bonds. The molecule has 36 heavy (non-hydrogen) atoms. The fourth-order valence-corrected chi connectivity index (χ4v) is 10.4. The Bertz CT molecular complexity index is 1470. The second-order valence-corrected chi connectivity index (χ2v) is 15.3. The molecule has 5 rings (SSSR count). The summed E-state index contributed by atoms with van der Waals surface area (Å²) in [7, 11) is -3.97. The van der Waals surface area contributed by atoms with Gasteiger partial charge in [-0.25, -0.2) is 0 Å². The van der Waals surface area contributed by atoms with Gasteiger partial charge in [0.2, 0.25) is 0 Å². The predicted molar refractivity (Wildman–Crippen MR) is 131 cm³/mol. The Kier molecular flexibility index (Phi) is 6.78. The van der Waals surface area contributed by atoms with Crippen molar-refractivity contribution in [3.05, 3.63) is 71.4 Å². The first-order valence-electron chi connectivity index (χ1n) is 11.2. The van der Waals surface area contributed by atoms with Crippen LogP contribution in [0, 0.1) is 5.82 Å². The fraction of sp³-hybridized carbons (Fsp3) is 0.240. The number of aliphatic hydroxyl groups excluding tert-OH is 1. The van der Waals surface area contributed by atoms with Crippen LogP contribution in [0.1, 0.15) is 28.1 Å². The summed E-state index contributed by atoms with van der Waals surface area (Å²) < 4.78 is 52.2. The van der Waals surface area contributed by atoms with Crippen LogP contribution in [0.5, 0.6) is 5.75 Å². The first-order chi connectivity index (χ1) is 17.2. The molecule has 1 radical (unpaired) electrons. The van der Waals surface area contributed by atoms with Crippen molar-refractivity contribution >= 4 is 39.1 Å². The minimum absolute atomic E-state index is 0.0449. The number of ether oxygens (including phenoxy) is 1. The van der Waals surface area contributed by atoms with Gasteiger partial charge in [0, 0.05) is 0 Å². The van der Waals surface area contributed by atoms with E-state index in [4.69, 9.17) is 9.15 Å². The number of carbonyl (C=O) groups is 1. The average Bonchev–Trinajstić information content (AvgIpc) is 3.47. The number of β-amino-alcohol motifs (C(OH)–C–C–N with tert-alkyl or cyclic N) is 1. The van der Waals surface area contributed by atoms with Crippen LogP contribution < -0.4 is 9.09 Å². The molecule has 2 aromatic carbocycles. The summed E-state index contributed by atoms with van der Waals surface area (Å²) in [6.45, 7) is 1.79. The maximum absolute atomic E-state index is 14.0. The molecule has 3 aromatic rings. The molecule has 1 atom stereocenters. The second kappa shape index (κ2) is 9.86. The first kappa shape index (κ1) is 24.8. The van der Waals surface area contributed by atoms with Gasteiger partial charge in [-0.05, 0) is 0 Å². The van der Waals surface area contributed by atoms with Gasteiger partial charge in [-0.3, -0.25) is 0 Å². The third-order valence-corrected chi connectivity index (χ3v) is 12.2. The molecule has 1 aromatic heterocycles. The van der Waals surface area contributed by atoms with Crippen molar-refractivity contribution in [3.63, 3.8) is 0 Å². The van der Waals surface area contributed by atoms with Crippen LogP contribution in [0.15, 0.2) is 58.1 Å². The Balaban J connectivity index is 1.47. The number of carboxylic acid groups (broad SMARTS) is 1. The van der Waals surface area contributed by atoms with E-state index >= 15 is 0 Å². The maximum atomic E-state index is 14.0. The van der Waals surface area contributed by atoms with Gasteiger partial charge in [-0.1, -0.05) is 0 Å². The molecule has 0 bridgehead atoms. The summed E-state index contributed by atoms with van der Waals surface area (Å²) in [6, 6.07) is 8.31. The van der Waals surface area contributed by atoms with Gasteiger partial charge in [0.1, 0.15) is 0 Å². The number of aliphatic hydroxyl groups is 1. The number of nitrogens with zero attached hydrogens (tertiary/aromatic N) is 1. The Morgan fingerprint density at radius 1 is 1.22 bits per heavy atom. The molecule has 2 aliphatic rings. The molecular weight excluding hydrogens is 552 g/mol. The first-order valence-corrected chi connectivity index (χ1v) is 15.8. The van der Waals surface area contributed by atoms with Gasteiger partial charge in [0.25, 0.3) is 0 Å². The number of carboxylic acids is 1. The van der Waals surface area contributed by atoms with E-state index in [1.165, 1.54) is 18.4 Å². The van der Waals surface area contributed by atoms with Gasteiger partial charge in [-0.15, -0.1) is 0 Å². The zero-order valence-electron chi connectivity index (χ0n) is 18.9. The number of halogens is 1. The summed E-state index contributed by atoms with van der Waals surface area (Å²) in [4.78, 5) is 14.2. The SMILES string of the molecule is O=C(O)c1c([As]S(=O)(=O)c2ccc(F)cc2C=CCN2CC[C@H](O)C2)ccc2c1OCc1occc1-2. The van der Waals surface area contributed by atoms with Crippen molar-refractivity contribution < 1.29 is 37.0 Å².